The quantitative estimate of drug-likeness (QED) is 0.676. The molecule has 0 saturated heterocycles. The average molecular weight is 209 g/mol. The maximum absolute atomic E-state index is 5.49. The van der Waals surface area contributed by atoms with E-state index in [-0.39, 0.29) is 0 Å². The molecule has 0 radical (unpaired) electrons. The third kappa shape index (κ3) is 1.72. The molecular formula is C13H23NO. The lowest BCUT2D eigenvalue weighted by atomic mass is 10.0. The van der Waals surface area contributed by atoms with Crippen molar-refractivity contribution in [3.8, 4) is 0 Å². The molecule has 4 unspecified atom stereocenters. The number of fused-ring (bicyclic) bond motifs is 5. The molecule has 0 spiro atoms. The van der Waals surface area contributed by atoms with Crippen molar-refractivity contribution in [3.63, 3.8) is 0 Å². The van der Waals surface area contributed by atoms with E-state index in [0.717, 1.165) is 55.9 Å². The van der Waals surface area contributed by atoms with Gasteiger partial charge in [-0.3, -0.25) is 0 Å². The average Bonchev–Trinajstić information content (AvgIpc) is 2.67. The molecule has 3 rings (SSSR count). The molecule has 0 aromatic carbocycles. The maximum Gasteiger partial charge on any atom is 0.0591 e. The van der Waals surface area contributed by atoms with Crippen LogP contribution < -0.4 is 5.32 Å². The molecule has 2 bridgehead atoms. The van der Waals surface area contributed by atoms with Gasteiger partial charge in [-0.25, -0.2) is 0 Å². The van der Waals surface area contributed by atoms with Crippen molar-refractivity contribution < 1.29 is 4.74 Å². The highest BCUT2D eigenvalue weighted by Crippen LogP contribution is 2.65. The minimum Gasteiger partial charge on any atom is -0.380 e. The first-order valence-electron chi connectivity index (χ1n) is 6.73. The van der Waals surface area contributed by atoms with E-state index in [2.05, 4.69) is 12.2 Å². The zero-order chi connectivity index (χ0) is 10.3. The van der Waals surface area contributed by atoms with Gasteiger partial charge in [0.1, 0.15) is 0 Å². The molecule has 2 nitrogen and oxygen atoms in total. The fourth-order valence-corrected chi connectivity index (χ4v) is 4.14. The Labute approximate surface area is 92.8 Å². The molecule has 0 heterocycles. The predicted molar refractivity (Wildman–Crippen MR) is 60.7 cm³/mol. The molecule has 0 aliphatic heterocycles. The van der Waals surface area contributed by atoms with Crippen LogP contribution in [0.4, 0.5) is 0 Å². The van der Waals surface area contributed by atoms with Crippen LogP contribution in [0.3, 0.4) is 0 Å². The van der Waals surface area contributed by atoms with Gasteiger partial charge in [0, 0.05) is 19.2 Å². The van der Waals surface area contributed by atoms with Crippen molar-refractivity contribution in [2.45, 2.75) is 38.6 Å². The number of hydrogen-bond donors (Lipinski definition) is 1. The van der Waals surface area contributed by atoms with Gasteiger partial charge in [0.2, 0.25) is 0 Å². The van der Waals surface area contributed by atoms with E-state index in [1.54, 1.807) is 6.42 Å². The summed E-state index contributed by atoms with van der Waals surface area (Å²) >= 11 is 0. The SMILES string of the molecule is CCCOCCNC1C2C3CCC(C3)C12. The van der Waals surface area contributed by atoms with Gasteiger partial charge in [-0.1, -0.05) is 6.92 Å². The molecule has 2 heteroatoms. The molecule has 0 aromatic rings. The molecule has 1 N–H and O–H groups in total. The molecule has 86 valence electrons. The molecule has 3 aliphatic rings. The largest absolute Gasteiger partial charge is 0.380 e. The van der Waals surface area contributed by atoms with Gasteiger partial charge < -0.3 is 10.1 Å². The zero-order valence-electron chi connectivity index (χ0n) is 9.74. The number of hydrogen-bond acceptors (Lipinski definition) is 2. The molecule has 15 heavy (non-hydrogen) atoms. The molecule has 0 amide bonds. The smallest absolute Gasteiger partial charge is 0.0591 e. The molecule has 3 fully saturated rings. The lowest BCUT2D eigenvalue weighted by molar-refractivity contribution is 0.135. The van der Waals surface area contributed by atoms with E-state index in [0.29, 0.717) is 0 Å². The second-order valence-corrected chi connectivity index (χ2v) is 5.58. The summed E-state index contributed by atoms with van der Waals surface area (Å²) in [5, 5.41) is 3.69. The fourth-order valence-electron chi connectivity index (χ4n) is 4.14. The Bertz CT molecular complexity index is 215. The first-order valence-corrected chi connectivity index (χ1v) is 6.73. The summed E-state index contributed by atoms with van der Waals surface area (Å²) in [6.45, 7) is 5.05. The van der Waals surface area contributed by atoms with Crippen LogP contribution in [0.15, 0.2) is 0 Å². The van der Waals surface area contributed by atoms with E-state index in [9.17, 15) is 0 Å². The molecular weight excluding hydrogens is 186 g/mol. The van der Waals surface area contributed by atoms with Gasteiger partial charge in [-0.05, 0) is 49.4 Å². The third-order valence-electron chi connectivity index (χ3n) is 4.71. The Morgan fingerprint density at radius 1 is 1.13 bits per heavy atom. The summed E-state index contributed by atoms with van der Waals surface area (Å²) in [6, 6.07) is 0.876. The van der Waals surface area contributed by atoms with Crippen LogP contribution in [-0.4, -0.2) is 25.8 Å². The fraction of sp³-hybridized carbons (Fsp3) is 1.00. The van der Waals surface area contributed by atoms with E-state index < -0.39 is 0 Å². The lowest BCUT2D eigenvalue weighted by Crippen LogP contribution is -2.26. The summed E-state index contributed by atoms with van der Waals surface area (Å²) in [6.07, 6.45) is 5.74. The molecule has 0 aromatic heterocycles. The highest BCUT2D eigenvalue weighted by molar-refractivity contribution is 5.16. The first-order chi connectivity index (χ1) is 7.42. The Kier molecular flexibility index (Phi) is 2.73. The highest BCUT2D eigenvalue weighted by atomic mass is 16.5. The van der Waals surface area contributed by atoms with Gasteiger partial charge >= 0.3 is 0 Å². The first kappa shape index (κ1) is 10.1. The zero-order valence-corrected chi connectivity index (χ0v) is 9.74. The number of rotatable bonds is 6. The monoisotopic (exact) mass is 209 g/mol. The van der Waals surface area contributed by atoms with Crippen molar-refractivity contribution in [3.05, 3.63) is 0 Å². The van der Waals surface area contributed by atoms with Crippen LogP contribution in [-0.2, 0) is 4.74 Å². The molecule has 4 atom stereocenters. The normalized spacial score (nSPS) is 45.8. The van der Waals surface area contributed by atoms with Crippen LogP contribution in [0.25, 0.3) is 0 Å². The summed E-state index contributed by atoms with van der Waals surface area (Å²) in [5.74, 6) is 4.31. The van der Waals surface area contributed by atoms with Gasteiger partial charge in [0.15, 0.2) is 0 Å². The van der Waals surface area contributed by atoms with E-state index in [1.165, 1.54) is 12.8 Å². The Morgan fingerprint density at radius 3 is 2.53 bits per heavy atom. The lowest BCUT2D eigenvalue weighted by Gasteiger charge is -2.10. The van der Waals surface area contributed by atoms with Crippen molar-refractivity contribution in [2.75, 3.05) is 19.8 Å². The van der Waals surface area contributed by atoms with Crippen LogP contribution in [0, 0.1) is 23.7 Å². The summed E-state index contributed by atoms with van der Waals surface area (Å²) in [5.41, 5.74) is 0. The van der Waals surface area contributed by atoms with Crippen LogP contribution in [0.1, 0.15) is 32.6 Å². The van der Waals surface area contributed by atoms with Crippen molar-refractivity contribution in [2.24, 2.45) is 23.7 Å². The minimum absolute atomic E-state index is 0.876. The van der Waals surface area contributed by atoms with Crippen LogP contribution >= 0.6 is 0 Å². The summed E-state index contributed by atoms with van der Waals surface area (Å²) in [4.78, 5) is 0. The second-order valence-electron chi connectivity index (χ2n) is 5.58. The van der Waals surface area contributed by atoms with E-state index >= 15 is 0 Å². The Morgan fingerprint density at radius 2 is 1.87 bits per heavy atom. The van der Waals surface area contributed by atoms with Crippen LogP contribution in [0.5, 0.6) is 0 Å². The topological polar surface area (TPSA) is 21.3 Å². The summed E-state index contributed by atoms with van der Waals surface area (Å²) in [7, 11) is 0. The highest BCUT2D eigenvalue weighted by Gasteiger charge is 2.64. The van der Waals surface area contributed by atoms with Crippen molar-refractivity contribution in [1.82, 2.24) is 5.32 Å². The second kappa shape index (κ2) is 4.06. The van der Waals surface area contributed by atoms with E-state index in [4.69, 9.17) is 4.74 Å². The standard InChI is InChI=1S/C13H23NO/c1-2-6-15-7-5-14-13-11-9-3-4-10(8-9)12(11)13/h9-14H,2-8H2,1H3. The minimum atomic E-state index is 0.876. The Hall–Kier alpha value is -0.0800. The number of ether oxygens (including phenoxy) is 1. The van der Waals surface area contributed by atoms with Crippen LogP contribution in [0.2, 0.25) is 0 Å². The third-order valence-corrected chi connectivity index (χ3v) is 4.71. The maximum atomic E-state index is 5.49. The van der Waals surface area contributed by atoms with Gasteiger partial charge in [0.25, 0.3) is 0 Å². The molecule has 3 aliphatic carbocycles. The van der Waals surface area contributed by atoms with Gasteiger partial charge in [-0.15, -0.1) is 0 Å². The van der Waals surface area contributed by atoms with Gasteiger partial charge in [-0.2, -0.15) is 0 Å². The molecule has 3 saturated carbocycles. The summed E-state index contributed by atoms with van der Waals surface area (Å²) < 4.78 is 5.49. The van der Waals surface area contributed by atoms with Crippen molar-refractivity contribution >= 4 is 0 Å². The predicted octanol–water partition coefficient (Wildman–Crippen LogP) is 2.05. The van der Waals surface area contributed by atoms with Gasteiger partial charge in [0.05, 0.1) is 6.61 Å². The number of nitrogens with one attached hydrogen (secondary N) is 1. The van der Waals surface area contributed by atoms with Crippen molar-refractivity contribution in [1.29, 1.82) is 0 Å². The Balaban J connectivity index is 1.34. The van der Waals surface area contributed by atoms with E-state index in [1.807, 2.05) is 0 Å².